The van der Waals surface area contributed by atoms with E-state index in [0.717, 1.165) is 44.1 Å². The Hall–Kier alpha value is -4.66. The first-order valence-electron chi connectivity index (χ1n) is 18.2. The SMILES string of the molecule is CCN1CCN(c2ccc(Nc3ccnc(Nc4ccc(NC(=O)[C@H]5CCCN5C(=O)[C@@H](NC(=O)[C@H](C)NC)C(C)(C)C)c(OC)c4)n3)cc2Cl)CC1. The predicted molar refractivity (Wildman–Crippen MR) is 211 cm³/mol. The summed E-state index contributed by atoms with van der Waals surface area (Å²) >= 11 is 6.72. The summed E-state index contributed by atoms with van der Waals surface area (Å²) in [5.74, 6) is 0.469. The van der Waals surface area contributed by atoms with E-state index in [0.29, 0.717) is 53.3 Å². The summed E-state index contributed by atoms with van der Waals surface area (Å²) in [4.78, 5) is 55.5. The maximum atomic E-state index is 13.8. The highest BCUT2D eigenvalue weighted by Gasteiger charge is 2.42. The molecule has 2 aromatic carbocycles. The Balaban J connectivity index is 1.22. The molecule has 2 saturated heterocycles. The molecule has 3 amide bonds. The largest absolute Gasteiger partial charge is 0.494 e. The minimum Gasteiger partial charge on any atom is -0.494 e. The molecule has 15 heteroatoms. The summed E-state index contributed by atoms with van der Waals surface area (Å²) in [7, 11) is 3.21. The second-order valence-electron chi connectivity index (χ2n) is 14.5. The van der Waals surface area contributed by atoms with Crippen LogP contribution in [0.1, 0.15) is 47.5 Å². The molecule has 1 aromatic heterocycles. The Labute approximate surface area is 317 Å². The van der Waals surface area contributed by atoms with Crippen LogP contribution in [0.4, 0.5) is 34.5 Å². The molecule has 2 fully saturated rings. The van der Waals surface area contributed by atoms with Crippen LogP contribution in [0, 0.1) is 5.41 Å². The van der Waals surface area contributed by atoms with Crippen molar-refractivity contribution in [3.05, 3.63) is 53.7 Å². The van der Waals surface area contributed by atoms with Gasteiger partial charge in [-0.15, -0.1) is 0 Å². The van der Waals surface area contributed by atoms with E-state index in [4.69, 9.17) is 16.3 Å². The molecule has 0 unspecified atom stereocenters. The van der Waals surface area contributed by atoms with Crippen LogP contribution >= 0.6 is 11.6 Å². The molecule has 3 heterocycles. The van der Waals surface area contributed by atoms with Crippen molar-refractivity contribution in [2.75, 3.05) is 74.3 Å². The van der Waals surface area contributed by atoms with Crippen LogP contribution in [0.15, 0.2) is 48.7 Å². The summed E-state index contributed by atoms with van der Waals surface area (Å²) in [5, 5.41) is 16.0. The zero-order chi connectivity index (χ0) is 38.3. The Morgan fingerprint density at radius 1 is 1.00 bits per heavy atom. The van der Waals surface area contributed by atoms with E-state index >= 15 is 0 Å². The summed E-state index contributed by atoms with van der Waals surface area (Å²) in [6.45, 7) is 15.0. The minimum absolute atomic E-state index is 0.278. The van der Waals surface area contributed by atoms with E-state index in [9.17, 15) is 14.4 Å². The molecule has 2 aliphatic heterocycles. The van der Waals surface area contributed by atoms with Gasteiger partial charge in [0.25, 0.3) is 0 Å². The molecule has 5 N–H and O–H groups in total. The van der Waals surface area contributed by atoms with E-state index in [-0.39, 0.29) is 17.7 Å². The van der Waals surface area contributed by atoms with Crippen molar-refractivity contribution in [2.45, 2.75) is 65.6 Å². The van der Waals surface area contributed by atoms with Crippen molar-refractivity contribution in [3.63, 3.8) is 0 Å². The van der Waals surface area contributed by atoms with Crippen LogP contribution < -0.4 is 36.2 Å². The quantitative estimate of drug-likeness (QED) is 0.163. The van der Waals surface area contributed by atoms with Crippen molar-refractivity contribution < 1.29 is 19.1 Å². The first-order valence-corrected chi connectivity index (χ1v) is 18.6. The van der Waals surface area contributed by atoms with Crippen LogP contribution in [-0.4, -0.2) is 109 Å². The second-order valence-corrected chi connectivity index (χ2v) is 14.9. The van der Waals surface area contributed by atoms with Crippen molar-refractivity contribution >= 4 is 63.8 Å². The van der Waals surface area contributed by atoms with E-state index < -0.39 is 23.5 Å². The fourth-order valence-electron chi connectivity index (χ4n) is 6.52. The zero-order valence-corrected chi connectivity index (χ0v) is 32.5. The zero-order valence-electron chi connectivity index (χ0n) is 31.8. The fraction of sp³-hybridized carbons (Fsp3) is 0.500. The molecule has 2 aliphatic rings. The average Bonchev–Trinajstić information content (AvgIpc) is 3.64. The van der Waals surface area contributed by atoms with Gasteiger partial charge in [0, 0.05) is 56.4 Å². The summed E-state index contributed by atoms with van der Waals surface area (Å²) < 4.78 is 5.64. The molecule has 0 bridgehead atoms. The molecule has 0 radical (unpaired) electrons. The number of nitrogens with zero attached hydrogens (tertiary/aromatic N) is 5. The van der Waals surface area contributed by atoms with Crippen LogP contribution in [0.25, 0.3) is 0 Å². The van der Waals surface area contributed by atoms with Gasteiger partial charge in [0.05, 0.1) is 29.5 Å². The highest BCUT2D eigenvalue weighted by molar-refractivity contribution is 6.33. The number of nitrogens with one attached hydrogen (secondary N) is 5. The number of likely N-dealkylation sites (N-methyl/N-ethyl adjacent to an activating group) is 2. The molecular weight excluding hydrogens is 696 g/mol. The number of benzene rings is 2. The third-order valence-electron chi connectivity index (χ3n) is 9.82. The number of rotatable bonds is 13. The minimum atomic E-state index is -0.801. The van der Waals surface area contributed by atoms with Crippen molar-refractivity contribution in [1.82, 2.24) is 30.4 Å². The standard InChI is InChI=1S/C38H53ClN10O4/c1-8-47-18-20-48(21-19-47)29-14-12-25(22-27(29)39)42-32-15-16-41-37(45-32)43-26-11-13-28(31(23-26)53-7)44-35(51)30-10-9-17-49(30)36(52)33(38(3,4)5)46-34(50)24(2)40-6/h11-16,22-24,30,33,40H,8-10,17-21H2,1-7H3,(H,44,51)(H,46,50)(H2,41,42,43,45)/t24-,30+,33+/m0/s1. The third kappa shape index (κ3) is 9.86. The van der Waals surface area contributed by atoms with Gasteiger partial charge in [0.1, 0.15) is 23.7 Å². The first-order chi connectivity index (χ1) is 25.3. The highest BCUT2D eigenvalue weighted by Crippen LogP contribution is 2.33. The molecule has 3 atom stereocenters. The van der Waals surface area contributed by atoms with Gasteiger partial charge in [-0.05, 0) is 75.2 Å². The van der Waals surface area contributed by atoms with Crippen LogP contribution in [0.2, 0.25) is 5.02 Å². The van der Waals surface area contributed by atoms with Crippen LogP contribution in [0.3, 0.4) is 0 Å². The van der Waals surface area contributed by atoms with Crippen molar-refractivity contribution in [1.29, 1.82) is 0 Å². The number of carbonyl (C=O) groups excluding carboxylic acids is 3. The lowest BCUT2D eigenvalue weighted by atomic mass is 9.85. The number of halogens is 1. The van der Waals surface area contributed by atoms with E-state index in [2.05, 4.69) is 53.3 Å². The predicted octanol–water partition coefficient (Wildman–Crippen LogP) is 4.84. The number of likely N-dealkylation sites (tertiary alicyclic amines) is 1. The van der Waals surface area contributed by atoms with E-state index in [1.807, 2.05) is 39.0 Å². The number of aromatic nitrogens is 2. The number of amides is 3. The topological polar surface area (TPSA) is 156 Å². The van der Waals surface area contributed by atoms with Crippen molar-refractivity contribution in [3.8, 4) is 5.75 Å². The second kappa shape index (κ2) is 17.4. The molecule has 53 heavy (non-hydrogen) atoms. The third-order valence-corrected chi connectivity index (χ3v) is 10.1. The number of hydrogen-bond acceptors (Lipinski definition) is 11. The molecule has 286 valence electrons. The van der Waals surface area contributed by atoms with Gasteiger partial charge >= 0.3 is 0 Å². The number of carbonyl (C=O) groups is 3. The monoisotopic (exact) mass is 748 g/mol. The van der Waals surface area contributed by atoms with Gasteiger partial charge in [-0.1, -0.05) is 39.3 Å². The molecule has 14 nitrogen and oxygen atoms in total. The molecule has 3 aromatic rings. The van der Waals surface area contributed by atoms with Gasteiger partial charge < -0.3 is 46.0 Å². The molecule has 0 aliphatic carbocycles. The van der Waals surface area contributed by atoms with E-state index in [1.54, 1.807) is 49.3 Å². The molecule has 0 saturated carbocycles. The summed E-state index contributed by atoms with van der Waals surface area (Å²) in [5.41, 5.74) is 2.36. The molecule has 0 spiro atoms. The number of hydrogen-bond donors (Lipinski definition) is 5. The maximum absolute atomic E-state index is 13.8. The molecule has 5 rings (SSSR count). The van der Waals surface area contributed by atoms with Gasteiger partial charge in [0.15, 0.2) is 0 Å². The molecular formula is C38H53ClN10O4. The normalized spacial score (nSPS) is 17.5. The Morgan fingerprint density at radius 2 is 1.72 bits per heavy atom. The number of methoxy groups -OCH3 is 1. The maximum Gasteiger partial charge on any atom is 0.247 e. The Bertz CT molecular complexity index is 1760. The van der Waals surface area contributed by atoms with Crippen LogP contribution in [-0.2, 0) is 14.4 Å². The average molecular weight is 749 g/mol. The number of ether oxygens (including phenoxy) is 1. The first kappa shape index (κ1) is 39.5. The lowest BCUT2D eigenvalue weighted by Crippen LogP contribution is -2.59. The van der Waals surface area contributed by atoms with E-state index in [1.165, 1.54) is 7.11 Å². The van der Waals surface area contributed by atoms with Crippen LogP contribution in [0.5, 0.6) is 5.75 Å². The highest BCUT2D eigenvalue weighted by atomic mass is 35.5. The lowest BCUT2D eigenvalue weighted by Gasteiger charge is -2.36. The fourth-order valence-corrected chi connectivity index (χ4v) is 6.82. The number of piperazine rings is 1. The Morgan fingerprint density at radius 3 is 2.38 bits per heavy atom. The summed E-state index contributed by atoms with van der Waals surface area (Å²) in [6, 6.07) is 11.0. The van der Waals surface area contributed by atoms with Gasteiger partial charge in [-0.3, -0.25) is 14.4 Å². The Kier molecular flexibility index (Phi) is 13.0. The van der Waals surface area contributed by atoms with Crippen molar-refractivity contribution in [2.24, 2.45) is 5.41 Å². The lowest BCUT2D eigenvalue weighted by molar-refractivity contribution is -0.143. The van der Waals surface area contributed by atoms with Gasteiger partial charge in [0.2, 0.25) is 23.7 Å². The number of anilines is 6. The smallest absolute Gasteiger partial charge is 0.247 e. The van der Waals surface area contributed by atoms with Gasteiger partial charge in [-0.2, -0.15) is 4.98 Å². The van der Waals surface area contributed by atoms with Gasteiger partial charge in [-0.25, -0.2) is 4.98 Å². The summed E-state index contributed by atoms with van der Waals surface area (Å²) in [6.07, 6.45) is 2.83.